The van der Waals surface area contributed by atoms with Gasteiger partial charge in [-0.2, -0.15) is 0 Å². The van der Waals surface area contributed by atoms with Gasteiger partial charge in [-0.1, -0.05) is 5.11 Å². The topological polar surface area (TPSA) is 78.2 Å². The van der Waals surface area contributed by atoms with Crippen LogP contribution in [0.2, 0.25) is 0 Å². The summed E-state index contributed by atoms with van der Waals surface area (Å²) >= 11 is 0. The summed E-state index contributed by atoms with van der Waals surface area (Å²) in [5.74, 6) is 0. The second-order valence-electron chi connectivity index (χ2n) is 3.03. The molecule has 1 aliphatic carbocycles. The average Bonchev–Trinajstić information content (AvgIpc) is 2.02. The predicted molar refractivity (Wildman–Crippen MR) is 43.6 cm³/mol. The fourth-order valence-electron chi connectivity index (χ4n) is 1.57. The lowest BCUT2D eigenvalue weighted by molar-refractivity contribution is -0.0985. The van der Waals surface area contributed by atoms with Crippen LogP contribution in [0, 0.1) is 0 Å². The number of hydrogen-bond donors (Lipinski definition) is 1. The largest absolute Gasteiger partial charge is 0.396 e. The maximum Gasteiger partial charge on any atom is 0.0894 e. The van der Waals surface area contributed by atoms with E-state index in [1.54, 1.807) is 7.11 Å². The summed E-state index contributed by atoms with van der Waals surface area (Å²) in [5.41, 5.74) is 7.85. The molecule has 1 fully saturated rings. The SMILES string of the molecule is COC1(C(CO)N=[N+]=[N-])CCC1. The maximum absolute atomic E-state index is 8.94. The Morgan fingerprint density at radius 2 is 2.42 bits per heavy atom. The van der Waals surface area contributed by atoms with Gasteiger partial charge in [0, 0.05) is 12.0 Å². The average molecular weight is 171 g/mol. The molecule has 0 aromatic heterocycles. The molecule has 5 heteroatoms. The maximum atomic E-state index is 8.94. The molecule has 1 atom stereocenters. The standard InChI is InChI=1S/C7H13N3O2/c1-12-7(3-2-4-7)6(5-11)9-10-8/h6,11H,2-5H2,1H3. The van der Waals surface area contributed by atoms with Gasteiger partial charge in [-0.15, -0.1) is 0 Å². The Hall–Kier alpha value is -0.770. The lowest BCUT2D eigenvalue weighted by atomic mass is 9.75. The smallest absolute Gasteiger partial charge is 0.0894 e. The van der Waals surface area contributed by atoms with Crippen molar-refractivity contribution in [1.29, 1.82) is 0 Å². The van der Waals surface area contributed by atoms with E-state index in [4.69, 9.17) is 15.4 Å². The molecule has 1 saturated carbocycles. The number of nitrogens with zero attached hydrogens (tertiary/aromatic N) is 3. The molecule has 1 rings (SSSR count). The highest BCUT2D eigenvalue weighted by Crippen LogP contribution is 2.39. The third-order valence-corrected chi connectivity index (χ3v) is 2.58. The molecule has 0 amide bonds. The summed E-state index contributed by atoms with van der Waals surface area (Å²) in [6.07, 6.45) is 2.81. The van der Waals surface area contributed by atoms with Gasteiger partial charge in [0.1, 0.15) is 0 Å². The van der Waals surface area contributed by atoms with E-state index >= 15 is 0 Å². The van der Waals surface area contributed by atoms with E-state index in [1.165, 1.54) is 0 Å². The van der Waals surface area contributed by atoms with Crippen molar-refractivity contribution in [1.82, 2.24) is 0 Å². The molecule has 0 radical (unpaired) electrons. The molecular formula is C7H13N3O2. The minimum absolute atomic E-state index is 0.141. The van der Waals surface area contributed by atoms with Crippen LogP contribution in [0.4, 0.5) is 0 Å². The summed E-state index contributed by atoms with van der Waals surface area (Å²) in [6, 6.07) is -0.429. The van der Waals surface area contributed by atoms with Crippen LogP contribution in [0.5, 0.6) is 0 Å². The predicted octanol–water partition coefficient (Wildman–Crippen LogP) is 1.23. The van der Waals surface area contributed by atoms with Gasteiger partial charge in [0.25, 0.3) is 0 Å². The molecule has 0 heterocycles. The van der Waals surface area contributed by atoms with Crippen LogP contribution in [-0.2, 0) is 4.74 Å². The van der Waals surface area contributed by atoms with Crippen molar-refractivity contribution in [3.05, 3.63) is 10.4 Å². The van der Waals surface area contributed by atoms with Gasteiger partial charge in [-0.25, -0.2) is 0 Å². The zero-order valence-corrected chi connectivity index (χ0v) is 7.10. The fourth-order valence-corrected chi connectivity index (χ4v) is 1.57. The summed E-state index contributed by atoms with van der Waals surface area (Å²) in [5, 5.41) is 12.5. The van der Waals surface area contributed by atoms with E-state index < -0.39 is 6.04 Å². The van der Waals surface area contributed by atoms with E-state index in [0.717, 1.165) is 19.3 Å². The van der Waals surface area contributed by atoms with Crippen molar-refractivity contribution in [3.8, 4) is 0 Å². The first-order valence-corrected chi connectivity index (χ1v) is 3.99. The Labute approximate surface area is 71.0 Å². The fraction of sp³-hybridized carbons (Fsp3) is 1.00. The Kier molecular flexibility index (Phi) is 2.92. The van der Waals surface area contributed by atoms with Gasteiger partial charge in [0.2, 0.25) is 0 Å². The Morgan fingerprint density at radius 1 is 1.75 bits per heavy atom. The molecule has 0 aromatic carbocycles. The molecule has 0 bridgehead atoms. The summed E-state index contributed by atoms with van der Waals surface area (Å²) in [4.78, 5) is 2.69. The van der Waals surface area contributed by atoms with Crippen LogP contribution in [0.3, 0.4) is 0 Å². The molecule has 12 heavy (non-hydrogen) atoms. The highest BCUT2D eigenvalue weighted by Gasteiger charge is 2.43. The molecule has 0 aliphatic heterocycles. The van der Waals surface area contributed by atoms with Crippen molar-refractivity contribution in [2.45, 2.75) is 30.9 Å². The molecule has 1 N–H and O–H groups in total. The number of aliphatic hydroxyl groups excluding tert-OH is 1. The van der Waals surface area contributed by atoms with Crippen LogP contribution in [0.15, 0.2) is 5.11 Å². The summed E-state index contributed by atoms with van der Waals surface area (Å²) in [6.45, 7) is -0.141. The van der Waals surface area contributed by atoms with Crippen molar-refractivity contribution in [3.63, 3.8) is 0 Å². The summed E-state index contributed by atoms with van der Waals surface area (Å²) in [7, 11) is 1.59. The molecule has 0 saturated heterocycles. The Balaban J connectivity index is 2.67. The first-order chi connectivity index (χ1) is 5.79. The molecule has 68 valence electrons. The van der Waals surface area contributed by atoms with Crippen LogP contribution in [-0.4, -0.2) is 30.5 Å². The first-order valence-electron chi connectivity index (χ1n) is 3.99. The second kappa shape index (κ2) is 3.76. The van der Waals surface area contributed by atoms with Gasteiger partial charge in [0.15, 0.2) is 0 Å². The van der Waals surface area contributed by atoms with Crippen LogP contribution in [0.1, 0.15) is 19.3 Å². The van der Waals surface area contributed by atoms with E-state index in [2.05, 4.69) is 10.0 Å². The highest BCUT2D eigenvalue weighted by atomic mass is 16.5. The normalized spacial score (nSPS) is 22.2. The zero-order valence-electron chi connectivity index (χ0n) is 7.10. The van der Waals surface area contributed by atoms with Crippen LogP contribution >= 0.6 is 0 Å². The van der Waals surface area contributed by atoms with E-state index in [0.29, 0.717) is 0 Å². The van der Waals surface area contributed by atoms with Crippen molar-refractivity contribution < 1.29 is 9.84 Å². The molecule has 1 unspecified atom stereocenters. The van der Waals surface area contributed by atoms with Crippen molar-refractivity contribution >= 4 is 0 Å². The second-order valence-corrected chi connectivity index (χ2v) is 3.03. The van der Waals surface area contributed by atoms with E-state index in [9.17, 15) is 0 Å². The molecule has 0 aromatic rings. The van der Waals surface area contributed by atoms with Crippen molar-refractivity contribution in [2.24, 2.45) is 5.11 Å². The highest BCUT2D eigenvalue weighted by molar-refractivity contribution is 4.99. The van der Waals surface area contributed by atoms with Gasteiger partial charge >= 0.3 is 0 Å². The lowest BCUT2D eigenvalue weighted by Gasteiger charge is -2.44. The zero-order chi connectivity index (χ0) is 9.03. The molecule has 1 aliphatic rings. The quantitative estimate of drug-likeness (QED) is 0.392. The van der Waals surface area contributed by atoms with E-state index in [-0.39, 0.29) is 12.2 Å². The Bertz CT molecular complexity index is 191. The Morgan fingerprint density at radius 3 is 2.67 bits per heavy atom. The number of aliphatic hydroxyl groups is 1. The number of ether oxygens (including phenoxy) is 1. The monoisotopic (exact) mass is 171 g/mol. The minimum atomic E-state index is -0.429. The van der Waals surface area contributed by atoms with Gasteiger partial charge < -0.3 is 9.84 Å². The third kappa shape index (κ3) is 1.39. The lowest BCUT2D eigenvalue weighted by Crippen LogP contribution is -2.50. The van der Waals surface area contributed by atoms with Gasteiger partial charge in [0.05, 0.1) is 18.2 Å². The van der Waals surface area contributed by atoms with Crippen LogP contribution in [0.25, 0.3) is 10.4 Å². The van der Waals surface area contributed by atoms with Crippen molar-refractivity contribution in [2.75, 3.05) is 13.7 Å². The number of rotatable bonds is 4. The first kappa shape index (κ1) is 9.32. The molecular weight excluding hydrogens is 158 g/mol. The minimum Gasteiger partial charge on any atom is -0.396 e. The number of azide groups is 1. The third-order valence-electron chi connectivity index (χ3n) is 2.58. The van der Waals surface area contributed by atoms with Gasteiger partial charge in [-0.3, -0.25) is 0 Å². The number of hydrogen-bond acceptors (Lipinski definition) is 3. The molecule has 5 nitrogen and oxygen atoms in total. The molecule has 0 spiro atoms. The van der Waals surface area contributed by atoms with Gasteiger partial charge in [-0.05, 0) is 24.8 Å². The number of methoxy groups -OCH3 is 1. The van der Waals surface area contributed by atoms with E-state index in [1.807, 2.05) is 0 Å². The summed E-state index contributed by atoms with van der Waals surface area (Å²) < 4.78 is 5.25. The van der Waals surface area contributed by atoms with Crippen LogP contribution < -0.4 is 0 Å².